The lowest BCUT2D eigenvalue weighted by Gasteiger charge is -2.26. The van der Waals surface area contributed by atoms with E-state index in [9.17, 15) is 9.59 Å². The zero-order valence-electron chi connectivity index (χ0n) is 16.5. The Labute approximate surface area is 163 Å². The van der Waals surface area contributed by atoms with Crippen LogP contribution in [-0.4, -0.2) is 45.8 Å². The number of pyridine rings is 1. The van der Waals surface area contributed by atoms with E-state index in [4.69, 9.17) is 4.74 Å². The Morgan fingerprint density at radius 3 is 2.68 bits per heavy atom. The quantitative estimate of drug-likeness (QED) is 0.533. The number of nitrogens with one attached hydrogen (secondary N) is 3. The Morgan fingerprint density at radius 1 is 1.32 bits per heavy atom. The molecule has 150 valence electrons. The minimum atomic E-state index is -0.446. The van der Waals surface area contributed by atoms with Crippen molar-refractivity contribution in [1.82, 2.24) is 25.6 Å². The van der Waals surface area contributed by atoms with Crippen LogP contribution in [0.25, 0.3) is 11.0 Å². The highest BCUT2D eigenvalue weighted by atomic mass is 16.5. The summed E-state index contributed by atoms with van der Waals surface area (Å²) < 4.78 is 7.22. The van der Waals surface area contributed by atoms with Crippen molar-refractivity contribution in [2.75, 3.05) is 18.5 Å². The molecule has 3 rings (SSSR count). The molecular formula is C19H26N6O3. The molecule has 0 atom stereocenters. The van der Waals surface area contributed by atoms with Crippen LogP contribution in [0.1, 0.15) is 42.7 Å². The van der Waals surface area contributed by atoms with E-state index >= 15 is 0 Å². The number of hydrogen-bond donors (Lipinski definition) is 3. The number of nitrogens with zero attached hydrogens (tertiary/aromatic N) is 3. The Kier molecular flexibility index (Phi) is 5.93. The zero-order chi connectivity index (χ0) is 20.3. The van der Waals surface area contributed by atoms with Gasteiger partial charge in [-0.05, 0) is 33.6 Å². The van der Waals surface area contributed by atoms with Crippen LogP contribution in [0.15, 0.2) is 18.3 Å². The molecule has 0 aliphatic carbocycles. The van der Waals surface area contributed by atoms with Crippen molar-refractivity contribution in [3.8, 4) is 0 Å². The van der Waals surface area contributed by atoms with Crippen molar-refractivity contribution in [2.45, 2.75) is 46.2 Å². The number of rotatable bonds is 5. The van der Waals surface area contributed by atoms with Gasteiger partial charge in [-0.1, -0.05) is 6.58 Å². The van der Waals surface area contributed by atoms with E-state index in [0.29, 0.717) is 42.3 Å². The number of anilines is 1. The number of aryl methyl sites for hydroxylation is 2. The molecule has 2 aromatic heterocycles. The number of amides is 2. The summed E-state index contributed by atoms with van der Waals surface area (Å²) >= 11 is 0. The van der Waals surface area contributed by atoms with E-state index in [1.54, 1.807) is 24.7 Å². The maximum atomic E-state index is 12.9. The molecule has 28 heavy (non-hydrogen) atoms. The Morgan fingerprint density at radius 2 is 2.04 bits per heavy atom. The van der Waals surface area contributed by atoms with E-state index < -0.39 is 11.8 Å². The van der Waals surface area contributed by atoms with Gasteiger partial charge >= 0.3 is 0 Å². The summed E-state index contributed by atoms with van der Waals surface area (Å²) in [5.41, 5.74) is 7.46. The van der Waals surface area contributed by atoms with Crippen LogP contribution in [-0.2, 0) is 16.1 Å². The Hall–Kier alpha value is -2.94. The summed E-state index contributed by atoms with van der Waals surface area (Å²) in [5, 5.41) is 8.65. The van der Waals surface area contributed by atoms with Crippen LogP contribution in [0.5, 0.6) is 0 Å². The lowest BCUT2D eigenvalue weighted by atomic mass is 10.0. The molecule has 3 heterocycles. The molecule has 1 aliphatic rings. The molecule has 3 N–H and O–H groups in total. The lowest BCUT2D eigenvalue weighted by Crippen LogP contribution is -2.42. The van der Waals surface area contributed by atoms with Crippen LogP contribution in [0.4, 0.5) is 5.69 Å². The summed E-state index contributed by atoms with van der Waals surface area (Å²) in [7, 11) is 0. The highest BCUT2D eigenvalue weighted by Gasteiger charge is 2.24. The molecular weight excluding hydrogens is 360 g/mol. The van der Waals surface area contributed by atoms with Crippen LogP contribution < -0.4 is 16.2 Å². The molecule has 0 unspecified atom stereocenters. The second-order valence-electron chi connectivity index (χ2n) is 6.86. The van der Waals surface area contributed by atoms with Crippen LogP contribution in [0.2, 0.25) is 0 Å². The third-order valence-corrected chi connectivity index (χ3v) is 4.74. The third kappa shape index (κ3) is 3.99. The number of aromatic nitrogens is 3. The number of hydrazine groups is 1. The van der Waals surface area contributed by atoms with E-state index in [1.807, 2.05) is 6.92 Å². The van der Waals surface area contributed by atoms with Crippen molar-refractivity contribution in [2.24, 2.45) is 0 Å². The van der Waals surface area contributed by atoms with Gasteiger partial charge in [-0.25, -0.2) is 9.67 Å². The zero-order valence-corrected chi connectivity index (χ0v) is 16.5. The molecule has 0 aromatic carbocycles. The molecule has 9 heteroatoms. The van der Waals surface area contributed by atoms with Gasteiger partial charge in [-0.15, -0.1) is 0 Å². The fourth-order valence-corrected chi connectivity index (χ4v) is 3.19. The first-order valence-corrected chi connectivity index (χ1v) is 9.39. The summed E-state index contributed by atoms with van der Waals surface area (Å²) in [5.74, 6) is -0.891. The van der Waals surface area contributed by atoms with Crippen LogP contribution in [0.3, 0.4) is 0 Å². The van der Waals surface area contributed by atoms with E-state index in [-0.39, 0.29) is 6.04 Å². The molecule has 0 spiro atoms. The predicted octanol–water partition coefficient (Wildman–Crippen LogP) is 1.69. The fourth-order valence-electron chi connectivity index (χ4n) is 3.19. The summed E-state index contributed by atoms with van der Waals surface area (Å²) in [6.07, 6.45) is 3.41. The standard InChI is InChI=1S/C19H26N6O3/c1-5-25-17-14(10-20-25)16(22-13-6-8-28-9-7-13)15(12(4)21-17)19(27)24-23-18(26)11(2)3/h10,13H,2,5-9H2,1,3-4H3,(H,21,22)(H,23,26)(H,24,27). The second kappa shape index (κ2) is 8.39. The SMILES string of the molecule is C=C(C)C(=O)NNC(=O)c1c(C)nc2c(cnn2CC)c1NC1CCOCC1. The van der Waals surface area contributed by atoms with Gasteiger partial charge in [0.05, 0.1) is 28.5 Å². The van der Waals surface area contributed by atoms with Crippen molar-refractivity contribution in [3.63, 3.8) is 0 Å². The monoisotopic (exact) mass is 386 g/mol. The van der Waals surface area contributed by atoms with Gasteiger partial charge in [0.2, 0.25) is 0 Å². The predicted molar refractivity (Wildman–Crippen MR) is 106 cm³/mol. The number of hydrogen-bond acceptors (Lipinski definition) is 6. The number of fused-ring (bicyclic) bond motifs is 1. The average Bonchev–Trinajstić information content (AvgIpc) is 3.09. The third-order valence-electron chi connectivity index (χ3n) is 4.74. The van der Waals surface area contributed by atoms with E-state index in [0.717, 1.165) is 23.9 Å². The van der Waals surface area contributed by atoms with Crippen LogP contribution >= 0.6 is 0 Å². The normalized spacial score (nSPS) is 14.7. The molecule has 9 nitrogen and oxygen atoms in total. The van der Waals surface area contributed by atoms with Crippen molar-refractivity contribution >= 4 is 28.5 Å². The average molecular weight is 386 g/mol. The van der Waals surface area contributed by atoms with Gasteiger partial charge in [0, 0.05) is 31.4 Å². The van der Waals surface area contributed by atoms with E-state index in [2.05, 4.69) is 32.8 Å². The number of ether oxygens (including phenoxy) is 1. The smallest absolute Gasteiger partial charge is 0.273 e. The minimum absolute atomic E-state index is 0.181. The maximum Gasteiger partial charge on any atom is 0.273 e. The van der Waals surface area contributed by atoms with Gasteiger partial charge in [-0.2, -0.15) is 5.10 Å². The topological polar surface area (TPSA) is 110 Å². The number of carbonyl (C=O) groups is 2. The van der Waals surface area contributed by atoms with Crippen molar-refractivity contribution in [1.29, 1.82) is 0 Å². The minimum Gasteiger partial charge on any atom is -0.381 e. The molecule has 1 aliphatic heterocycles. The van der Waals surface area contributed by atoms with Gasteiger partial charge in [0.15, 0.2) is 5.65 Å². The molecule has 2 amide bonds. The van der Waals surface area contributed by atoms with Gasteiger partial charge in [0.1, 0.15) is 0 Å². The molecule has 1 fully saturated rings. The lowest BCUT2D eigenvalue weighted by molar-refractivity contribution is -0.118. The second-order valence-corrected chi connectivity index (χ2v) is 6.86. The molecule has 2 aromatic rings. The van der Waals surface area contributed by atoms with Crippen molar-refractivity contribution in [3.05, 3.63) is 29.6 Å². The van der Waals surface area contributed by atoms with Crippen molar-refractivity contribution < 1.29 is 14.3 Å². The van der Waals surface area contributed by atoms with E-state index in [1.165, 1.54) is 0 Å². The Balaban J connectivity index is 2.00. The van der Waals surface area contributed by atoms with Gasteiger partial charge < -0.3 is 10.1 Å². The largest absolute Gasteiger partial charge is 0.381 e. The molecule has 1 saturated heterocycles. The molecule has 0 saturated carbocycles. The molecule has 0 radical (unpaired) electrons. The van der Waals surface area contributed by atoms with Gasteiger partial charge in [0.25, 0.3) is 11.8 Å². The highest BCUT2D eigenvalue weighted by Crippen LogP contribution is 2.30. The number of carbonyl (C=O) groups excluding carboxylic acids is 2. The molecule has 0 bridgehead atoms. The maximum absolute atomic E-state index is 12.9. The van der Waals surface area contributed by atoms with Gasteiger partial charge in [-0.3, -0.25) is 20.4 Å². The first-order chi connectivity index (χ1) is 13.4. The summed E-state index contributed by atoms with van der Waals surface area (Å²) in [6, 6.07) is 0.181. The fraction of sp³-hybridized carbons (Fsp3) is 0.474. The first-order valence-electron chi connectivity index (χ1n) is 9.39. The summed E-state index contributed by atoms with van der Waals surface area (Å²) in [4.78, 5) is 29.2. The summed E-state index contributed by atoms with van der Waals surface area (Å²) in [6.45, 7) is 10.9. The first kappa shape index (κ1) is 19.8. The highest BCUT2D eigenvalue weighted by molar-refractivity contribution is 6.08. The van der Waals surface area contributed by atoms with Crippen LogP contribution in [0, 0.1) is 6.92 Å². The Bertz CT molecular complexity index is 914.